The number of nitrogens with zero attached hydrogens (tertiary/aromatic N) is 1. The molecule has 0 aromatic heterocycles. The van der Waals surface area contributed by atoms with E-state index in [1.54, 1.807) is 12.1 Å². The molecule has 4 nitrogen and oxygen atoms in total. The van der Waals surface area contributed by atoms with E-state index in [1.165, 1.54) is 32.5 Å². The molecular weight excluding hydrogens is 276 g/mol. The minimum absolute atomic E-state index is 0.361. The van der Waals surface area contributed by atoms with E-state index in [1.807, 2.05) is 12.1 Å². The zero-order valence-corrected chi connectivity index (χ0v) is 13.7. The Kier molecular flexibility index (Phi) is 6.40. The molecule has 0 spiro atoms. The van der Waals surface area contributed by atoms with Crippen LogP contribution in [0.15, 0.2) is 24.3 Å². The van der Waals surface area contributed by atoms with E-state index in [2.05, 4.69) is 24.1 Å². The molecule has 22 heavy (non-hydrogen) atoms. The van der Waals surface area contributed by atoms with Crippen LogP contribution in [0.25, 0.3) is 0 Å². The van der Waals surface area contributed by atoms with Crippen molar-refractivity contribution < 1.29 is 9.90 Å². The number of hydrogen-bond acceptors (Lipinski definition) is 3. The normalized spacial score (nSPS) is 19.5. The first-order valence-electron chi connectivity index (χ1n) is 8.30. The predicted molar refractivity (Wildman–Crippen MR) is 89.1 cm³/mol. The molecule has 0 aliphatic carbocycles. The van der Waals surface area contributed by atoms with Crippen molar-refractivity contribution in [3.05, 3.63) is 35.4 Å². The van der Waals surface area contributed by atoms with Gasteiger partial charge in [-0.15, -0.1) is 0 Å². The van der Waals surface area contributed by atoms with Gasteiger partial charge in [0.1, 0.15) is 0 Å². The van der Waals surface area contributed by atoms with Crippen molar-refractivity contribution in [2.24, 2.45) is 11.8 Å². The summed E-state index contributed by atoms with van der Waals surface area (Å²) in [5, 5.41) is 12.5. The van der Waals surface area contributed by atoms with E-state index in [4.69, 9.17) is 5.11 Å². The van der Waals surface area contributed by atoms with E-state index in [-0.39, 0.29) is 0 Å². The molecule has 1 aliphatic rings. The number of nitrogens with one attached hydrogen (secondary N) is 1. The summed E-state index contributed by atoms with van der Waals surface area (Å²) in [5.41, 5.74) is 1.40. The second-order valence-corrected chi connectivity index (χ2v) is 6.80. The number of hydrogen-bond donors (Lipinski definition) is 2. The molecule has 1 fully saturated rings. The molecule has 1 unspecified atom stereocenters. The maximum atomic E-state index is 11.0. The number of piperidine rings is 1. The molecule has 1 aromatic rings. The molecule has 1 atom stereocenters. The highest BCUT2D eigenvalue weighted by atomic mass is 16.4. The van der Waals surface area contributed by atoms with Crippen molar-refractivity contribution in [1.82, 2.24) is 10.2 Å². The van der Waals surface area contributed by atoms with Gasteiger partial charge in [-0.1, -0.05) is 26.0 Å². The van der Waals surface area contributed by atoms with Crippen LogP contribution in [0, 0.1) is 11.8 Å². The summed E-state index contributed by atoms with van der Waals surface area (Å²) in [6, 6.07) is 7.18. The fourth-order valence-electron chi connectivity index (χ4n) is 3.24. The minimum Gasteiger partial charge on any atom is -0.478 e. The smallest absolute Gasteiger partial charge is 0.335 e. The number of likely N-dealkylation sites (tertiary alicyclic amines) is 1. The van der Waals surface area contributed by atoms with Crippen LogP contribution in [0.1, 0.15) is 42.6 Å². The number of carbonyl (C=O) groups is 1. The van der Waals surface area contributed by atoms with Crippen molar-refractivity contribution in [3.8, 4) is 0 Å². The van der Waals surface area contributed by atoms with Gasteiger partial charge in [-0.25, -0.2) is 4.79 Å². The summed E-state index contributed by atoms with van der Waals surface area (Å²) in [7, 11) is 0. The van der Waals surface area contributed by atoms with Crippen LogP contribution >= 0.6 is 0 Å². The van der Waals surface area contributed by atoms with Crippen LogP contribution in [-0.2, 0) is 6.54 Å². The van der Waals surface area contributed by atoms with E-state index in [0.29, 0.717) is 11.5 Å². The highest BCUT2D eigenvalue weighted by molar-refractivity contribution is 5.87. The zero-order valence-electron chi connectivity index (χ0n) is 13.7. The lowest BCUT2D eigenvalue weighted by molar-refractivity contribution is 0.0696. The van der Waals surface area contributed by atoms with Crippen LogP contribution in [0.5, 0.6) is 0 Å². The third-order valence-electron chi connectivity index (χ3n) is 4.16. The van der Waals surface area contributed by atoms with Crippen LogP contribution in [0.3, 0.4) is 0 Å². The summed E-state index contributed by atoms with van der Waals surface area (Å²) in [6.45, 7) is 9.90. The lowest BCUT2D eigenvalue weighted by Crippen LogP contribution is -2.41. The maximum Gasteiger partial charge on any atom is 0.335 e. The standard InChI is InChI=1S/C18H28N2O2/c1-14(2)12-20-8-4-6-16(13-20)11-19-10-15-5-3-7-17(9-15)18(21)22/h3,5,7,9,14,16,19H,4,6,8,10-13H2,1-2H3,(H,21,22). The van der Waals surface area contributed by atoms with Crippen molar-refractivity contribution >= 4 is 5.97 Å². The van der Waals surface area contributed by atoms with Gasteiger partial charge in [0.05, 0.1) is 5.56 Å². The summed E-state index contributed by atoms with van der Waals surface area (Å²) < 4.78 is 0. The zero-order chi connectivity index (χ0) is 15.9. The largest absolute Gasteiger partial charge is 0.478 e. The molecule has 1 saturated heterocycles. The Morgan fingerprint density at radius 2 is 2.27 bits per heavy atom. The molecule has 0 saturated carbocycles. The van der Waals surface area contributed by atoms with Gasteiger partial charge in [0.15, 0.2) is 0 Å². The lowest BCUT2D eigenvalue weighted by atomic mass is 9.97. The highest BCUT2D eigenvalue weighted by Crippen LogP contribution is 2.17. The fraction of sp³-hybridized carbons (Fsp3) is 0.611. The summed E-state index contributed by atoms with van der Waals surface area (Å²) in [4.78, 5) is 13.5. The average Bonchev–Trinajstić information content (AvgIpc) is 2.47. The first-order chi connectivity index (χ1) is 10.5. The van der Waals surface area contributed by atoms with Crippen LogP contribution < -0.4 is 5.32 Å². The van der Waals surface area contributed by atoms with Crippen LogP contribution in [0.2, 0.25) is 0 Å². The molecule has 2 rings (SSSR count). The predicted octanol–water partition coefficient (Wildman–Crippen LogP) is 2.84. The van der Waals surface area contributed by atoms with Gasteiger partial charge in [0.2, 0.25) is 0 Å². The molecule has 0 amide bonds. The lowest BCUT2D eigenvalue weighted by Gasteiger charge is -2.33. The minimum atomic E-state index is -0.863. The van der Waals surface area contributed by atoms with Crippen molar-refractivity contribution in [2.75, 3.05) is 26.2 Å². The fourth-order valence-corrected chi connectivity index (χ4v) is 3.24. The van der Waals surface area contributed by atoms with E-state index in [9.17, 15) is 4.79 Å². The van der Waals surface area contributed by atoms with Crippen molar-refractivity contribution in [2.45, 2.75) is 33.2 Å². The monoisotopic (exact) mass is 304 g/mol. The number of benzene rings is 1. The average molecular weight is 304 g/mol. The second kappa shape index (κ2) is 8.30. The van der Waals surface area contributed by atoms with Gasteiger partial charge in [-0.2, -0.15) is 0 Å². The summed E-state index contributed by atoms with van der Waals surface area (Å²) in [6.07, 6.45) is 2.57. The first-order valence-corrected chi connectivity index (χ1v) is 8.30. The molecule has 0 bridgehead atoms. The van der Waals surface area contributed by atoms with Crippen molar-refractivity contribution in [3.63, 3.8) is 0 Å². The highest BCUT2D eigenvalue weighted by Gasteiger charge is 2.19. The van der Waals surface area contributed by atoms with E-state index in [0.717, 1.165) is 24.6 Å². The number of carboxylic acid groups (broad SMARTS) is 1. The number of aromatic carboxylic acids is 1. The van der Waals surface area contributed by atoms with E-state index >= 15 is 0 Å². The summed E-state index contributed by atoms with van der Waals surface area (Å²) >= 11 is 0. The Hall–Kier alpha value is -1.39. The third-order valence-corrected chi connectivity index (χ3v) is 4.16. The molecule has 0 radical (unpaired) electrons. The second-order valence-electron chi connectivity index (χ2n) is 6.80. The molecule has 1 heterocycles. The summed E-state index contributed by atoms with van der Waals surface area (Å²) in [5.74, 6) is 0.569. The Morgan fingerprint density at radius 1 is 1.45 bits per heavy atom. The van der Waals surface area contributed by atoms with Gasteiger partial charge < -0.3 is 15.3 Å². The van der Waals surface area contributed by atoms with Gasteiger partial charge in [0.25, 0.3) is 0 Å². The maximum absolute atomic E-state index is 11.0. The molecule has 122 valence electrons. The van der Waals surface area contributed by atoms with Gasteiger partial charge >= 0.3 is 5.97 Å². The molecular formula is C18H28N2O2. The van der Waals surface area contributed by atoms with Crippen molar-refractivity contribution in [1.29, 1.82) is 0 Å². The Bertz CT molecular complexity index is 488. The van der Waals surface area contributed by atoms with Gasteiger partial charge in [0, 0.05) is 19.6 Å². The van der Waals surface area contributed by atoms with Gasteiger partial charge in [-0.05, 0) is 55.5 Å². The Labute approximate surface area is 133 Å². The SMILES string of the molecule is CC(C)CN1CCCC(CNCc2cccc(C(=O)O)c2)C1. The third kappa shape index (κ3) is 5.43. The van der Waals surface area contributed by atoms with Crippen LogP contribution in [-0.4, -0.2) is 42.2 Å². The Morgan fingerprint density at radius 3 is 3.00 bits per heavy atom. The molecule has 2 N–H and O–H groups in total. The Balaban J connectivity index is 1.76. The number of carboxylic acids is 1. The number of rotatable bonds is 7. The van der Waals surface area contributed by atoms with Gasteiger partial charge in [-0.3, -0.25) is 0 Å². The molecule has 1 aromatic carbocycles. The first kappa shape index (κ1) is 17.0. The quantitative estimate of drug-likeness (QED) is 0.813. The molecule has 1 aliphatic heterocycles. The van der Waals surface area contributed by atoms with E-state index < -0.39 is 5.97 Å². The molecule has 4 heteroatoms. The van der Waals surface area contributed by atoms with Crippen LogP contribution in [0.4, 0.5) is 0 Å². The topological polar surface area (TPSA) is 52.6 Å².